The summed E-state index contributed by atoms with van der Waals surface area (Å²) in [6, 6.07) is 20.5. The molecule has 0 saturated heterocycles. The number of fused-ring (bicyclic) bond motifs is 8. The molecular weight excluding hydrogens is 713 g/mol. The van der Waals surface area contributed by atoms with Crippen molar-refractivity contribution in [1.82, 2.24) is 4.90 Å². The van der Waals surface area contributed by atoms with E-state index >= 15 is 0 Å². The van der Waals surface area contributed by atoms with Crippen molar-refractivity contribution >= 4 is 17.5 Å². The molecule has 4 atom stereocenters. The summed E-state index contributed by atoms with van der Waals surface area (Å²) in [5.41, 5.74) is 1.81. The van der Waals surface area contributed by atoms with Gasteiger partial charge in [0.2, 0.25) is 5.78 Å². The first kappa shape index (κ1) is 39.6. The second-order valence-corrected chi connectivity index (χ2v) is 15.0. The first-order chi connectivity index (χ1) is 26.2. The number of benzene rings is 3. The fourth-order valence-corrected chi connectivity index (χ4v) is 8.15. The molecule has 0 spiro atoms. The number of nitrogens with zero attached hydrogens (tertiary/aromatic N) is 1. The third-order valence-corrected chi connectivity index (χ3v) is 11.3. The molecule has 3 aliphatic carbocycles. The van der Waals surface area contributed by atoms with Crippen molar-refractivity contribution < 1.29 is 46.9 Å². The van der Waals surface area contributed by atoms with Crippen LogP contribution in [0.25, 0.3) is 0 Å². The standard InChI is InChI=1S/C43H47F3N2O7/c1-28-6-4-21-41(2)37(35-19-11-30(24-32(49)14-8-28)25-36(35)39(50)38-7-5-23-54-38)20-22-42(41,52)27-48(40(51)47-31-12-17-33(53-3)18-13-31)26-29-9-15-34(16-10-29)55-43(44,45)46/h5-7,9-13,15-19,23,25,32,37,49,52H,4,8,14,20-22,24,26-27H2,1-3H3,(H,47,51). The van der Waals surface area contributed by atoms with Crippen LogP contribution in [0.5, 0.6) is 11.5 Å². The fourth-order valence-electron chi connectivity index (χ4n) is 8.15. The van der Waals surface area contributed by atoms with E-state index in [0.29, 0.717) is 67.5 Å². The van der Waals surface area contributed by atoms with Gasteiger partial charge in [0.25, 0.3) is 0 Å². The zero-order valence-corrected chi connectivity index (χ0v) is 31.2. The number of urea groups is 1. The first-order valence-electron chi connectivity index (χ1n) is 18.5. The van der Waals surface area contributed by atoms with E-state index in [2.05, 4.69) is 16.1 Å². The molecule has 9 nitrogen and oxygen atoms in total. The van der Waals surface area contributed by atoms with E-state index in [-0.39, 0.29) is 30.6 Å². The Morgan fingerprint density at radius 2 is 1.73 bits per heavy atom. The Balaban J connectivity index is 1.39. The van der Waals surface area contributed by atoms with Crippen molar-refractivity contribution in [3.05, 3.63) is 125 Å². The van der Waals surface area contributed by atoms with Gasteiger partial charge >= 0.3 is 12.4 Å². The Kier molecular flexibility index (Phi) is 11.8. The number of aliphatic hydroxyl groups is 2. The van der Waals surface area contributed by atoms with E-state index < -0.39 is 35.3 Å². The van der Waals surface area contributed by atoms with Crippen LogP contribution in [0.2, 0.25) is 0 Å². The van der Waals surface area contributed by atoms with Crippen LogP contribution in [0.4, 0.5) is 23.7 Å². The summed E-state index contributed by atoms with van der Waals surface area (Å²) < 4.78 is 53.6. The van der Waals surface area contributed by atoms with Gasteiger partial charge in [-0.25, -0.2) is 4.79 Å². The van der Waals surface area contributed by atoms with Gasteiger partial charge in [-0.2, -0.15) is 0 Å². The highest BCUT2D eigenvalue weighted by atomic mass is 19.4. The minimum atomic E-state index is -4.85. The van der Waals surface area contributed by atoms with Gasteiger partial charge in [0, 0.05) is 23.2 Å². The highest BCUT2D eigenvalue weighted by Gasteiger charge is 2.57. The van der Waals surface area contributed by atoms with Gasteiger partial charge in [-0.15, -0.1) is 13.2 Å². The lowest BCUT2D eigenvalue weighted by atomic mass is 9.64. The number of furan rings is 1. The molecule has 55 heavy (non-hydrogen) atoms. The molecule has 12 heteroatoms. The van der Waals surface area contributed by atoms with Gasteiger partial charge in [-0.05, 0) is 129 Å². The molecular formula is C43H47F3N2O7. The number of ketones is 1. The number of amides is 2. The van der Waals surface area contributed by atoms with Gasteiger partial charge in [0.1, 0.15) is 11.5 Å². The van der Waals surface area contributed by atoms with Gasteiger partial charge in [0.05, 0.1) is 31.6 Å². The van der Waals surface area contributed by atoms with Crippen LogP contribution in [0.15, 0.2) is 101 Å². The van der Waals surface area contributed by atoms with Crippen molar-refractivity contribution in [2.75, 3.05) is 19.0 Å². The summed E-state index contributed by atoms with van der Waals surface area (Å²) in [6.07, 6.45) is 1.68. The minimum Gasteiger partial charge on any atom is -0.497 e. The smallest absolute Gasteiger partial charge is 0.497 e. The number of nitrogens with one attached hydrogen (secondary N) is 1. The van der Waals surface area contributed by atoms with Crippen LogP contribution in [-0.2, 0) is 13.0 Å². The number of halogens is 3. The van der Waals surface area contributed by atoms with Gasteiger partial charge < -0.3 is 34.3 Å². The number of allylic oxidation sites excluding steroid dienone is 2. The monoisotopic (exact) mass is 760 g/mol. The van der Waals surface area contributed by atoms with Gasteiger partial charge in [0.15, 0.2) is 5.76 Å². The molecule has 1 heterocycles. The predicted molar refractivity (Wildman–Crippen MR) is 201 cm³/mol. The summed E-state index contributed by atoms with van der Waals surface area (Å²) in [6.45, 7) is 3.90. The van der Waals surface area contributed by atoms with Crippen molar-refractivity contribution in [3.63, 3.8) is 0 Å². The van der Waals surface area contributed by atoms with E-state index in [1.54, 1.807) is 36.4 Å². The number of ether oxygens (including phenoxy) is 2. The molecule has 1 saturated carbocycles. The molecule has 0 aliphatic heterocycles. The highest BCUT2D eigenvalue weighted by Crippen LogP contribution is 2.59. The number of hydrogen-bond donors (Lipinski definition) is 3. The molecule has 292 valence electrons. The number of carbonyl (C=O) groups is 2. The normalized spacial score (nSPS) is 22.9. The average molecular weight is 761 g/mol. The zero-order valence-electron chi connectivity index (χ0n) is 31.2. The average Bonchev–Trinajstić information content (AvgIpc) is 3.77. The Bertz CT molecular complexity index is 1980. The SMILES string of the molecule is COc1ccc(NC(=O)N(Cc2ccc(OC(F)(F)F)cc2)CC2(O)CCC3c4ccc(cc4C(=O)c4ccco4)CC(O)CCC(C)=CCCC32C)cc1. The van der Waals surface area contributed by atoms with Crippen molar-refractivity contribution in [3.8, 4) is 11.5 Å². The molecule has 4 unspecified atom stereocenters. The molecule has 4 aromatic rings. The summed E-state index contributed by atoms with van der Waals surface area (Å²) >= 11 is 0. The summed E-state index contributed by atoms with van der Waals surface area (Å²) in [4.78, 5) is 29.7. The topological polar surface area (TPSA) is 121 Å². The largest absolute Gasteiger partial charge is 0.573 e. The second-order valence-electron chi connectivity index (χ2n) is 15.0. The molecule has 0 radical (unpaired) electrons. The number of rotatable bonds is 9. The highest BCUT2D eigenvalue weighted by molar-refractivity contribution is 6.08. The molecule has 1 fully saturated rings. The fraction of sp³-hybridized carbons (Fsp3) is 0.395. The number of anilines is 1. The van der Waals surface area contributed by atoms with E-state index in [1.165, 1.54) is 42.5 Å². The number of alkyl halides is 3. The second kappa shape index (κ2) is 16.3. The Morgan fingerprint density at radius 3 is 2.40 bits per heavy atom. The lowest BCUT2D eigenvalue weighted by Gasteiger charge is -2.46. The minimum absolute atomic E-state index is 0.0321. The van der Waals surface area contributed by atoms with E-state index in [0.717, 1.165) is 16.7 Å². The van der Waals surface area contributed by atoms with Crippen LogP contribution < -0.4 is 14.8 Å². The van der Waals surface area contributed by atoms with E-state index in [4.69, 9.17) is 9.15 Å². The van der Waals surface area contributed by atoms with Crippen molar-refractivity contribution in [2.45, 2.75) is 89.3 Å². The predicted octanol–water partition coefficient (Wildman–Crippen LogP) is 9.19. The molecule has 7 rings (SSSR count). The van der Waals surface area contributed by atoms with Crippen LogP contribution in [0, 0.1) is 5.41 Å². The quantitative estimate of drug-likeness (QED) is 0.115. The molecule has 1 aromatic heterocycles. The third-order valence-electron chi connectivity index (χ3n) is 11.3. The molecule has 3 aromatic carbocycles. The number of aliphatic hydroxyl groups excluding tert-OH is 1. The van der Waals surface area contributed by atoms with Gasteiger partial charge in [-0.1, -0.05) is 42.8 Å². The maximum Gasteiger partial charge on any atom is 0.573 e. The lowest BCUT2D eigenvalue weighted by Crippen LogP contribution is -2.54. The van der Waals surface area contributed by atoms with Crippen molar-refractivity contribution in [2.24, 2.45) is 5.41 Å². The van der Waals surface area contributed by atoms with Gasteiger partial charge in [-0.3, -0.25) is 4.79 Å². The van der Waals surface area contributed by atoms with Crippen molar-refractivity contribution in [1.29, 1.82) is 0 Å². The molecule has 3 N–H and O–H groups in total. The summed E-state index contributed by atoms with van der Waals surface area (Å²) in [7, 11) is 1.54. The summed E-state index contributed by atoms with van der Waals surface area (Å²) in [5.74, 6) is -0.217. The Morgan fingerprint density at radius 1 is 1.00 bits per heavy atom. The molecule has 2 bridgehead atoms. The maximum absolute atomic E-state index is 14.2. The van der Waals surface area contributed by atoms with E-state index in [9.17, 15) is 33.0 Å². The molecule has 3 aliphatic rings. The zero-order chi connectivity index (χ0) is 39.4. The number of hydrogen-bond acceptors (Lipinski definition) is 7. The number of methoxy groups -OCH3 is 1. The molecule has 2 amide bonds. The third kappa shape index (κ3) is 9.25. The van der Waals surface area contributed by atoms with Crippen LogP contribution in [0.1, 0.15) is 91.1 Å². The van der Waals surface area contributed by atoms with Crippen LogP contribution in [0.3, 0.4) is 0 Å². The Hall–Kier alpha value is -5.07. The lowest BCUT2D eigenvalue weighted by molar-refractivity contribution is -0.274. The van der Waals surface area contributed by atoms with E-state index in [1.807, 2.05) is 32.0 Å². The van der Waals surface area contributed by atoms with Crippen LogP contribution in [-0.4, -0.2) is 58.6 Å². The maximum atomic E-state index is 14.2. The summed E-state index contributed by atoms with van der Waals surface area (Å²) in [5, 5.41) is 26.8. The first-order valence-corrected chi connectivity index (χ1v) is 18.5. The Labute approximate surface area is 318 Å². The van der Waals surface area contributed by atoms with Crippen LogP contribution >= 0.6 is 0 Å². The number of carbonyl (C=O) groups excluding carboxylic acids is 2.